The van der Waals surface area contributed by atoms with Crippen molar-refractivity contribution in [3.05, 3.63) is 36.4 Å². The smallest absolute Gasteiger partial charge is 0.224 e. The summed E-state index contributed by atoms with van der Waals surface area (Å²) in [5.41, 5.74) is 0. The Hall–Kier alpha value is -2.09. The van der Waals surface area contributed by atoms with E-state index in [-0.39, 0.29) is 17.5 Å². The van der Waals surface area contributed by atoms with E-state index in [0.29, 0.717) is 24.7 Å². The molecule has 118 valence electrons. The highest BCUT2D eigenvalue weighted by molar-refractivity contribution is 7.91. The number of aromatic nitrogens is 2. The van der Waals surface area contributed by atoms with Gasteiger partial charge in [0, 0.05) is 19.3 Å². The van der Waals surface area contributed by atoms with E-state index in [1.807, 2.05) is 24.1 Å². The Morgan fingerprint density at radius 3 is 3.00 bits per heavy atom. The minimum Gasteiger partial charge on any atom is -0.467 e. The lowest BCUT2D eigenvalue weighted by Gasteiger charge is -2.24. The van der Waals surface area contributed by atoms with E-state index in [1.54, 1.807) is 18.5 Å². The van der Waals surface area contributed by atoms with E-state index in [4.69, 9.17) is 4.42 Å². The summed E-state index contributed by atoms with van der Waals surface area (Å²) in [6.45, 7) is 0.498. The Labute approximate surface area is 129 Å². The van der Waals surface area contributed by atoms with Gasteiger partial charge in [-0.25, -0.2) is 13.4 Å². The van der Waals surface area contributed by atoms with Crippen molar-refractivity contribution in [1.82, 2.24) is 9.97 Å². The van der Waals surface area contributed by atoms with Crippen LogP contribution in [0.3, 0.4) is 0 Å². The molecule has 0 saturated carbocycles. The molecule has 1 aliphatic heterocycles. The number of rotatable bonds is 5. The highest BCUT2D eigenvalue weighted by Gasteiger charge is 2.31. The molecule has 0 bridgehead atoms. The van der Waals surface area contributed by atoms with Gasteiger partial charge in [0.15, 0.2) is 9.84 Å². The zero-order chi connectivity index (χ0) is 15.6. The second-order valence-electron chi connectivity index (χ2n) is 5.34. The summed E-state index contributed by atoms with van der Waals surface area (Å²) >= 11 is 0. The minimum absolute atomic E-state index is 0.0298. The first kappa shape index (κ1) is 14.8. The van der Waals surface area contributed by atoms with Gasteiger partial charge in [0.1, 0.15) is 11.6 Å². The highest BCUT2D eigenvalue weighted by atomic mass is 32.2. The molecule has 1 aliphatic rings. The topological polar surface area (TPSA) is 88.3 Å². The van der Waals surface area contributed by atoms with Gasteiger partial charge in [-0.3, -0.25) is 0 Å². The van der Waals surface area contributed by atoms with Crippen LogP contribution in [0.5, 0.6) is 0 Å². The third-order valence-corrected chi connectivity index (χ3v) is 5.51. The molecule has 1 atom stereocenters. The molecule has 0 radical (unpaired) electrons. The van der Waals surface area contributed by atoms with Gasteiger partial charge in [-0.15, -0.1) is 0 Å². The molecular formula is C14H18N4O3S. The van der Waals surface area contributed by atoms with Crippen molar-refractivity contribution in [3.8, 4) is 0 Å². The van der Waals surface area contributed by atoms with Crippen LogP contribution in [0, 0.1) is 0 Å². The van der Waals surface area contributed by atoms with Crippen molar-refractivity contribution in [3.63, 3.8) is 0 Å². The Morgan fingerprint density at radius 1 is 1.45 bits per heavy atom. The minimum atomic E-state index is -2.91. The molecule has 0 amide bonds. The fourth-order valence-electron chi connectivity index (χ4n) is 2.48. The van der Waals surface area contributed by atoms with Crippen molar-refractivity contribution in [2.24, 2.45) is 0 Å². The molecule has 2 aromatic rings. The SMILES string of the molecule is CN(c1ccnc(NCc2ccco2)n1)C1CCS(=O)(=O)C1. The molecule has 3 heterocycles. The maximum Gasteiger partial charge on any atom is 0.224 e. The molecule has 1 fully saturated rings. The van der Waals surface area contributed by atoms with Gasteiger partial charge >= 0.3 is 0 Å². The number of hydrogen-bond donors (Lipinski definition) is 1. The largest absolute Gasteiger partial charge is 0.467 e. The summed E-state index contributed by atoms with van der Waals surface area (Å²) in [5.74, 6) is 2.42. The zero-order valence-electron chi connectivity index (χ0n) is 12.3. The molecule has 2 aromatic heterocycles. The van der Waals surface area contributed by atoms with Gasteiger partial charge < -0.3 is 14.6 Å². The van der Waals surface area contributed by atoms with Crippen molar-refractivity contribution < 1.29 is 12.8 Å². The van der Waals surface area contributed by atoms with E-state index in [2.05, 4.69) is 15.3 Å². The number of anilines is 2. The van der Waals surface area contributed by atoms with E-state index in [1.165, 1.54) is 0 Å². The summed E-state index contributed by atoms with van der Waals surface area (Å²) in [4.78, 5) is 10.5. The summed E-state index contributed by atoms with van der Waals surface area (Å²) in [6.07, 6.45) is 3.91. The first-order valence-electron chi connectivity index (χ1n) is 7.06. The standard InChI is InChI=1S/C14H18N4O3S/c1-18(11-5-8-22(19,20)10-11)13-4-6-15-14(17-13)16-9-12-3-2-7-21-12/h2-4,6-7,11H,5,8-10H2,1H3,(H,15,16,17). The fraction of sp³-hybridized carbons (Fsp3) is 0.429. The molecule has 1 saturated heterocycles. The van der Waals surface area contributed by atoms with Gasteiger partial charge in [0.2, 0.25) is 5.95 Å². The molecule has 3 rings (SSSR count). The van der Waals surface area contributed by atoms with Crippen LogP contribution in [0.15, 0.2) is 35.1 Å². The lowest BCUT2D eigenvalue weighted by molar-refractivity contribution is 0.517. The maximum atomic E-state index is 11.6. The molecule has 22 heavy (non-hydrogen) atoms. The second kappa shape index (κ2) is 5.96. The first-order valence-corrected chi connectivity index (χ1v) is 8.88. The van der Waals surface area contributed by atoms with E-state index < -0.39 is 9.84 Å². The highest BCUT2D eigenvalue weighted by Crippen LogP contribution is 2.21. The van der Waals surface area contributed by atoms with Crippen LogP contribution >= 0.6 is 0 Å². The fourth-order valence-corrected chi connectivity index (χ4v) is 4.25. The number of furan rings is 1. The molecular weight excluding hydrogens is 304 g/mol. The van der Waals surface area contributed by atoms with Crippen LogP contribution in [0.2, 0.25) is 0 Å². The van der Waals surface area contributed by atoms with E-state index in [0.717, 1.165) is 5.76 Å². The van der Waals surface area contributed by atoms with Gasteiger partial charge in [0.25, 0.3) is 0 Å². The number of nitrogens with one attached hydrogen (secondary N) is 1. The van der Waals surface area contributed by atoms with Crippen LogP contribution in [-0.4, -0.2) is 43.0 Å². The van der Waals surface area contributed by atoms with E-state index in [9.17, 15) is 8.42 Å². The van der Waals surface area contributed by atoms with E-state index >= 15 is 0 Å². The van der Waals surface area contributed by atoms with Crippen molar-refractivity contribution in [2.45, 2.75) is 19.0 Å². The average molecular weight is 322 g/mol. The van der Waals surface area contributed by atoms with Crippen LogP contribution in [0.4, 0.5) is 11.8 Å². The molecule has 7 nitrogen and oxygen atoms in total. The quantitative estimate of drug-likeness (QED) is 0.887. The lowest BCUT2D eigenvalue weighted by Crippen LogP contribution is -2.33. The zero-order valence-corrected chi connectivity index (χ0v) is 13.1. The van der Waals surface area contributed by atoms with Gasteiger partial charge in [0.05, 0.1) is 24.3 Å². The number of sulfone groups is 1. The monoisotopic (exact) mass is 322 g/mol. The molecule has 0 spiro atoms. The third kappa shape index (κ3) is 3.38. The Bertz CT molecular complexity index is 730. The lowest BCUT2D eigenvalue weighted by atomic mass is 10.2. The third-order valence-electron chi connectivity index (χ3n) is 3.76. The van der Waals surface area contributed by atoms with Crippen molar-refractivity contribution in [1.29, 1.82) is 0 Å². The molecule has 1 unspecified atom stereocenters. The molecule has 0 aliphatic carbocycles. The van der Waals surface area contributed by atoms with Crippen LogP contribution in [0.1, 0.15) is 12.2 Å². The van der Waals surface area contributed by atoms with Crippen molar-refractivity contribution in [2.75, 3.05) is 28.8 Å². The Kier molecular flexibility index (Phi) is 4.02. The van der Waals surface area contributed by atoms with Gasteiger partial charge in [-0.2, -0.15) is 4.98 Å². The molecule has 0 aromatic carbocycles. The summed E-state index contributed by atoms with van der Waals surface area (Å²) in [6, 6.07) is 5.44. The molecule has 1 N–H and O–H groups in total. The van der Waals surface area contributed by atoms with Crippen LogP contribution < -0.4 is 10.2 Å². The summed E-state index contributed by atoms with van der Waals surface area (Å²) in [7, 11) is -1.05. The van der Waals surface area contributed by atoms with Gasteiger partial charge in [-0.1, -0.05) is 0 Å². The van der Waals surface area contributed by atoms with Crippen molar-refractivity contribution >= 4 is 21.6 Å². The molecule has 8 heteroatoms. The van der Waals surface area contributed by atoms with Gasteiger partial charge in [-0.05, 0) is 24.6 Å². The van der Waals surface area contributed by atoms with Crippen LogP contribution in [-0.2, 0) is 16.4 Å². The Balaban J connectivity index is 1.68. The summed E-state index contributed by atoms with van der Waals surface area (Å²) in [5, 5.41) is 3.09. The normalized spacial score (nSPS) is 20.0. The second-order valence-corrected chi connectivity index (χ2v) is 7.57. The summed E-state index contributed by atoms with van der Waals surface area (Å²) < 4.78 is 28.4. The average Bonchev–Trinajstić information content (AvgIpc) is 3.14. The maximum absolute atomic E-state index is 11.6. The first-order chi connectivity index (χ1) is 10.5. The van der Waals surface area contributed by atoms with Crippen LogP contribution in [0.25, 0.3) is 0 Å². The Morgan fingerprint density at radius 2 is 2.32 bits per heavy atom. The predicted molar refractivity (Wildman–Crippen MR) is 83.5 cm³/mol. The predicted octanol–water partition coefficient (Wildman–Crippen LogP) is 1.30. The number of hydrogen-bond acceptors (Lipinski definition) is 7. The number of nitrogens with zero attached hydrogens (tertiary/aromatic N) is 3.